The Balaban J connectivity index is -0.0000000420. The Bertz CT molecular complexity index is 21.5. The molecule has 0 aromatic heterocycles. The fourth-order valence-corrected chi connectivity index (χ4v) is 0. The van der Waals surface area contributed by atoms with Crippen LogP contribution < -0.4 is 0 Å². The Morgan fingerprint density at radius 1 is 0.538 bits per heavy atom. The minimum absolute atomic E-state index is 0.833. The summed E-state index contributed by atoms with van der Waals surface area (Å²) < 4.78 is 0. The molecule has 0 saturated carbocycles. The third kappa shape index (κ3) is 0. The van der Waals surface area contributed by atoms with Gasteiger partial charge in [0.05, 0.1) is 0 Å². The summed E-state index contributed by atoms with van der Waals surface area (Å²) in [6.45, 7) is 19.2. The SMILES string of the molecule is CC(C)C.CCC.CCC.CCC. The molecule has 13 heavy (non-hydrogen) atoms. The van der Waals surface area contributed by atoms with Gasteiger partial charge in [-0.25, -0.2) is 0 Å². The maximum atomic E-state index is 2.17. The van der Waals surface area contributed by atoms with Crippen LogP contribution in [0.25, 0.3) is 0 Å². The molecule has 0 aliphatic carbocycles. The van der Waals surface area contributed by atoms with Crippen LogP contribution in [0.3, 0.4) is 0 Å². The van der Waals surface area contributed by atoms with Crippen molar-refractivity contribution in [3.05, 3.63) is 0 Å². The monoisotopic (exact) mass is 190 g/mol. The molecule has 0 heteroatoms. The molecule has 0 fully saturated rings. The quantitative estimate of drug-likeness (QED) is 0.445. The van der Waals surface area contributed by atoms with Gasteiger partial charge in [0.2, 0.25) is 0 Å². The second kappa shape index (κ2) is 40.3. The second-order valence-electron chi connectivity index (χ2n) is 3.85. The third-order valence-corrected chi connectivity index (χ3v) is 0. The normalized spacial score (nSPS) is 6.92. The van der Waals surface area contributed by atoms with E-state index in [2.05, 4.69) is 62.3 Å². The Kier molecular flexibility index (Phi) is 71.7. The molecule has 0 amide bonds. The summed E-state index contributed by atoms with van der Waals surface area (Å²) in [5.41, 5.74) is 0. The molecule has 0 radical (unpaired) electrons. The fraction of sp³-hybridized carbons (Fsp3) is 1.00. The Morgan fingerprint density at radius 3 is 0.538 bits per heavy atom. The largest absolute Gasteiger partial charge is 0.0656 e. The van der Waals surface area contributed by atoms with Gasteiger partial charge >= 0.3 is 0 Å². The second-order valence-corrected chi connectivity index (χ2v) is 3.85. The van der Waals surface area contributed by atoms with E-state index in [0.717, 1.165) is 5.92 Å². The maximum absolute atomic E-state index is 2.17. The minimum atomic E-state index is 0.833. The van der Waals surface area contributed by atoms with E-state index in [-0.39, 0.29) is 0 Å². The van der Waals surface area contributed by atoms with Crippen LogP contribution in [0.1, 0.15) is 81.6 Å². The summed E-state index contributed by atoms with van der Waals surface area (Å²) in [5, 5.41) is 0. The van der Waals surface area contributed by atoms with Gasteiger partial charge in [-0.15, -0.1) is 0 Å². The van der Waals surface area contributed by atoms with Crippen LogP contribution in [0.15, 0.2) is 0 Å². The molecule has 0 rings (SSSR count). The highest BCUT2D eigenvalue weighted by Gasteiger charge is 1.68. The van der Waals surface area contributed by atoms with E-state index in [0.29, 0.717) is 0 Å². The zero-order valence-electron chi connectivity index (χ0n) is 11.7. The summed E-state index contributed by atoms with van der Waals surface area (Å²) in [6.07, 6.45) is 3.75. The average Bonchev–Trinajstić information content (AvgIpc) is 1.88. The third-order valence-electron chi connectivity index (χ3n) is 0. The Hall–Kier alpha value is 0. The van der Waals surface area contributed by atoms with Gasteiger partial charge in [-0.05, 0) is 5.92 Å². The molecule has 0 N–H and O–H groups in total. The van der Waals surface area contributed by atoms with Gasteiger partial charge in [0.25, 0.3) is 0 Å². The van der Waals surface area contributed by atoms with Gasteiger partial charge < -0.3 is 0 Å². The van der Waals surface area contributed by atoms with Gasteiger partial charge in [0, 0.05) is 0 Å². The predicted molar refractivity (Wildman–Crippen MR) is 68.4 cm³/mol. The van der Waals surface area contributed by atoms with E-state index in [4.69, 9.17) is 0 Å². The molecule has 0 bridgehead atoms. The van der Waals surface area contributed by atoms with Crippen LogP contribution in [0.2, 0.25) is 0 Å². The van der Waals surface area contributed by atoms with E-state index >= 15 is 0 Å². The molecular formula is C13H34. The molecule has 86 valence electrons. The van der Waals surface area contributed by atoms with Crippen molar-refractivity contribution in [2.45, 2.75) is 81.6 Å². The van der Waals surface area contributed by atoms with Gasteiger partial charge in [-0.2, -0.15) is 0 Å². The summed E-state index contributed by atoms with van der Waals surface area (Å²) in [5.74, 6) is 0.833. The molecule has 0 heterocycles. The lowest BCUT2D eigenvalue weighted by Gasteiger charge is -1.79. The van der Waals surface area contributed by atoms with Crippen LogP contribution in [-0.2, 0) is 0 Å². The molecule has 0 spiro atoms. The van der Waals surface area contributed by atoms with Gasteiger partial charge in [-0.3, -0.25) is 0 Å². The highest BCUT2D eigenvalue weighted by molar-refractivity contribution is 4.20. The molecule has 0 saturated heterocycles. The van der Waals surface area contributed by atoms with Crippen molar-refractivity contribution in [1.82, 2.24) is 0 Å². The molecule has 0 unspecified atom stereocenters. The van der Waals surface area contributed by atoms with Gasteiger partial charge in [0.1, 0.15) is 0 Å². The van der Waals surface area contributed by atoms with Crippen molar-refractivity contribution < 1.29 is 0 Å². The molecule has 0 nitrogen and oxygen atoms in total. The predicted octanol–water partition coefficient (Wildman–Crippen LogP) is 5.91. The van der Waals surface area contributed by atoms with Crippen molar-refractivity contribution in [1.29, 1.82) is 0 Å². The molecule has 0 aliphatic rings. The fourth-order valence-electron chi connectivity index (χ4n) is 0. The topological polar surface area (TPSA) is 0 Å². The zero-order valence-corrected chi connectivity index (χ0v) is 11.7. The van der Waals surface area contributed by atoms with E-state index in [1.54, 1.807) is 0 Å². The first kappa shape index (κ1) is 23.1. The summed E-state index contributed by atoms with van der Waals surface area (Å²) in [6, 6.07) is 0. The van der Waals surface area contributed by atoms with Crippen molar-refractivity contribution in [2.75, 3.05) is 0 Å². The highest BCUT2D eigenvalue weighted by atomic mass is 13.7. The minimum Gasteiger partial charge on any atom is -0.0656 e. The standard InChI is InChI=1S/C4H10.3C3H8/c1-4(2)3;3*1-3-2/h4H,1-3H3;3*3H2,1-2H3. The number of hydrogen-bond acceptors (Lipinski definition) is 0. The van der Waals surface area contributed by atoms with Gasteiger partial charge in [-0.1, -0.05) is 81.6 Å². The zero-order chi connectivity index (χ0) is 11.7. The van der Waals surface area contributed by atoms with Crippen molar-refractivity contribution in [3.8, 4) is 0 Å². The average molecular weight is 190 g/mol. The molecular weight excluding hydrogens is 156 g/mol. The lowest BCUT2D eigenvalue weighted by atomic mass is 10.3. The van der Waals surface area contributed by atoms with Crippen molar-refractivity contribution in [3.63, 3.8) is 0 Å². The first-order chi connectivity index (χ1) is 5.97. The lowest BCUT2D eigenvalue weighted by molar-refractivity contribution is 0.737. The van der Waals surface area contributed by atoms with E-state index in [1.807, 2.05) is 0 Å². The van der Waals surface area contributed by atoms with Crippen molar-refractivity contribution in [2.24, 2.45) is 5.92 Å². The number of rotatable bonds is 0. The maximum Gasteiger partial charge on any atom is -0.0500 e. The van der Waals surface area contributed by atoms with Gasteiger partial charge in [0.15, 0.2) is 0 Å². The van der Waals surface area contributed by atoms with E-state index in [1.165, 1.54) is 19.3 Å². The Morgan fingerprint density at radius 2 is 0.538 bits per heavy atom. The summed E-state index contributed by atoms with van der Waals surface area (Å²) in [7, 11) is 0. The number of hydrogen-bond donors (Lipinski definition) is 0. The molecule has 0 aliphatic heterocycles. The summed E-state index contributed by atoms with van der Waals surface area (Å²) >= 11 is 0. The van der Waals surface area contributed by atoms with Crippen molar-refractivity contribution >= 4 is 0 Å². The molecule has 0 aromatic carbocycles. The Labute approximate surface area is 88.1 Å². The first-order valence-corrected chi connectivity index (χ1v) is 5.97. The van der Waals surface area contributed by atoms with Crippen LogP contribution in [0, 0.1) is 5.92 Å². The van der Waals surface area contributed by atoms with Crippen LogP contribution in [0.5, 0.6) is 0 Å². The van der Waals surface area contributed by atoms with E-state index < -0.39 is 0 Å². The highest BCUT2D eigenvalue weighted by Crippen LogP contribution is 1.81. The molecule has 0 atom stereocenters. The first-order valence-electron chi connectivity index (χ1n) is 5.97. The van der Waals surface area contributed by atoms with Crippen LogP contribution >= 0.6 is 0 Å². The van der Waals surface area contributed by atoms with Crippen LogP contribution in [-0.4, -0.2) is 0 Å². The lowest BCUT2D eigenvalue weighted by Crippen LogP contribution is -1.66. The molecule has 0 aromatic rings. The van der Waals surface area contributed by atoms with Crippen LogP contribution in [0.4, 0.5) is 0 Å². The summed E-state index contributed by atoms with van der Waals surface area (Å²) in [4.78, 5) is 0. The van der Waals surface area contributed by atoms with E-state index in [9.17, 15) is 0 Å². The smallest absolute Gasteiger partial charge is 0.0500 e.